The lowest BCUT2D eigenvalue weighted by atomic mass is 10.2. The highest BCUT2D eigenvalue weighted by Crippen LogP contribution is 2.28. The van der Waals surface area contributed by atoms with Crippen LogP contribution in [0.1, 0.15) is 46.0 Å². The summed E-state index contributed by atoms with van der Waals surface area (Å²) in [4.78, 5) is 0. The lowest BCUT2D eigenvalue weighted by Gasteiger charge is -2.33. The summed E-state index contributed by atoms with van der Waals surface area (Å²) in [7, 11) is -0.137. The van der Waals surface area contributed by atoms with Crippen LogP contribution >= 0.6 is 0 Å². The maximum atomic E-state index is 5.95. The topological polar surface area (TPSA) is 21.7 Å². The maximum Gasteiger partial charge on any atom is 0.427 e. The van der Waals surface area contributed by atoms with Gasteiger partial charge < -0.3 is 8.85 Å². The normalized spacial score (nSPS) is 26.4. The Morgan fingerprint density at radius 1 is 1.19 bits per heavy atom. The van der Waals surface area contributed by atoms with Gasteiger partial charge in [-0.3, -0.25) is 4.57 Å². The number of hydrogen-bond donors (Lipinski definition) is 0. The van der Waals surface area contributed by atoms with E-state index in [0.29, 0.717) is 0 Å². The van der Waals surface area contributed by atoms with Crippen molar-refractivity contribution in [1.82, 2.24) is 4.57 Å². The van der Waals surface area contributed by atoms with Gasteiger partial charge in [-0.2, -0.15) is 0 Å². The summed E-state index contributed by atoms with van der Waals surface area (Å²) in [5.74, 6) is 0. The van der Waals surface area contributed by atoms with E-state index in [-0.39, 0.29) is 0 Å². The molecule has 0 N–H and O–H groups in total. The van der Waals surface area contributed by atoms with Crippen LogP contribution in [0.15, 0.2) is 0 Å². The Morgan fingerprint density at radius 2 is 2.00 bits per heavy atom. The molecular formula is C12H27NO2Si. The van der Waals surface area contributed by atoms with E-state index >= 15 is 0 Å². The molecule has 0 spiro atoms. The van der Waals surface area contributed by atoms with Gasteiger partial charge in [0.15, 0.2) is 0 Å². The molecule has 1 aliphatic heterocycles. The molecule has 0 amide bonds. The first kappa shape index (κ1) is 14.2. The van der Waals surface area contributed by atoms with Crippen molar-refractivity contribution in [2.24, 2.45) is 0 Å². The van der Waals surface area contributed by atoms with Gasteiger partial charge in [-0.05, 0) is 32.9 Å². The fourth-order valence-corrected chi connectivity index (χ4v) is 5.79. The van der Waals surface area contributed by atoms with E-state index in [1.54, 1.807) is 0 Å². The van der Waals surface area contributed by atoms with E-state index < -0.39 is 8.72 Å². The SMILES string of the molecule is CCCCCCN1CCC[Si]1(OC)OCC. The van der Waals surface area contributed by atoms with Gasteiger partial charge >= 0.3 is 8.72 Å². The summed E-state index contributed by atoms with van der Waals surface area (Å²) in [6.45, 7) is 7.45. The second kappa shape index (κ2) is 7.43. The summed E-state index contributed by atoms with van der Waals surface area (Å²) >= 11 is 0. The molecule has 1 aliphatic rings. The summed E-state index contributed by atoms with van der Waals surface area (Å²) in [6, 6.07) is 1.14. The average Bonchev–Trinajstić information content (AvgIpc) is 2.69. The zero-order chi connectivity index (χ0) is 11.9. The van der Waals surface area contributed by atoms with Crippen LogP contribution in [0.5, 0.6) is 0 Å². The Morgan fingerprint density at radius 3 is 2.62 bits per heavy atom. The van der Waals surface area contributed by atoms with Crippen molar-refractivity contribution in [2.45, 2.75) is 52.0 Å². The van der Waals surface area contributed by atoms with Crippen molar-refractivity contribution in [3.8, 4) is 0 Å². The van der Waals surface area contributed by atoms with E-state index in [1.807, 2.05) is 7.11 Å². The third-order valence-electron chi connectivity index (χ3n) is 3.37. The van der Waals surface area contributed by atoms with Crippen LogP contribution in [0, 0.1) is 0 Å². The minimum absolute atomic E-state index is 0.783. The number of unbranched alkanes of at least 4 members (excludes halogenated alkanes) is 3. The third kappa shape index (κ3) is 3.55. The van der Waals surface area contributed by atoms with Crippen LogP contribution < -0.4 is 0 Å². The first-order valence-electron chi connectivity index (χ1n) is 6.73. The van der Waals surface area contributed by atoms with Crippen LogP contribution in [-0.2, 0) is 8.85 Å². The van der Waals surface area contributed by atoms with Crippen molar-refractivity contribution in [3.63, 3.8) is 0 Å². The van der Waals surface area contributed by atoms with Crippen LogP contribution in [0.25, 0.3) is 0 Å². The fraction of sp³-hybridized carbons (Fsp3) is 1.00. The summed E-state index contributed by atoms with van der Waals surface area (Å²) < 4.78 is 14.2. The molecule has 1 unspecified atom stereocenters. The molecule has 0 saturated carbocycles. The summed E-state index contributed by atoms with van der Waals surface area (Å²) in [5, 5.41) is 0. The summed E-state index contributed by atoms with van der Waals surface area (Å²) in [6.07, 6.45) is 6.53. The van der Waals surface area contributed by atoms with Crippen LogP contribution in [-0.4, -0.2) is 40.1 Å². The standard InChI is InChI=1S/C12H27NO2Si/c1-4-6-7-8-10-13-11-9-12-16(13,14-3)15-5-2/h4-12H2,1-3H3. The molecule has 0 aliphatic carbocycles. The van der Waals surface area contributed by atoms with Gasteiger partial charge in [-0.25, -0.2) is 0 Å². The van der Waals surface area contributed by atoms with Gasteiger partial charge in [-0.15, -0.1) is 0 Å². The van der Waals surface area contributed by atoms with Gasteiger partial charge in [0.2, 0.25) is 0 Å². The average molecular weight is 245 g/mol. The molecule has 16 heavy (non-hydrogen) atoms. The number of hydrogen-bond acceptors (Lipinski definition) is 3. The predicted octanol–water partition coefficient (Wildman–Crippen LogP) is 2.89. The van der Waals surface area contributed by atoms with Gasteiger partial charge in [-0.1, -0.05) is 26.2 Å². The lowest BCUT2D eigenvalue weighted by Crippen LogP contribution is -2.54. The molecule has 0 aromatic heterocycles. The van der Waals surface area contributed by atoms with Crippen LogP contribution in [0.2, 0.25) is 6.04 Å². The molecule has 0 radical (unpaired) electrons. The van der Waals surface area contributed by atoms with Gasteiger partial charge in [0, 0.05) is 19.8 Å². The molecule has 1 rings (SSSR count). The quantitative estimate of drug-likeness (QED) is 0.485. The minimum atomic E-state index is -1.96. The van der Waals surface area contributed by atoms with Crippen molar-refractivity contribution < 1.29 is 8.85 Å². The molecule has 3 nitrogen and oxygen atoms in total. The molecule has 0 aromatic carbocycles. The molecule has 0 bridgehead atoms. The van der Waals surface area contributed by atoms with E-state index in [1.165, 1.54) is 45.2 Å². The highest BCUT2D eigenvalue weighted by molar-refractivity contribution is 6.65. The minimum Gasteiger partial charge on any atom is -0.386 e. The Hall–Kier alpha value is 0.0969. The maximum absolute atomic E-state index is 5.95. The van der Waals surface area contributed by atoms with Crippen molar-refractivity contribution >= 4 is 8.72 Å². The van der Waals surface area contributed by atoms with Crippen LogP contribution in [0.4, 0.5) is 0 Å². The van der Waals surface area contributed by atoms with Crippen molar-refractivity contribution in [3.05, 3.63) is 0 Å². The monoisotopic (exact) mass is 245 g/mol. The molecule has 96 valence electrons. The second-order valence-corrected chi connectivity index (χ2v) is 7.76. The van der Waals surface area contributed by atoms with E-state index in [2.05, 4.69) is 18.4 Å². The second-order valence-electron chi connectivity index (χ2n) is 4.50. The van der Waals surface area contributed by atoms with E-state index in [4.69, 9.17) is 8.85 Å². The zero-order valence-electron chi connectivity index (χ0n) is 11.1. The predicted molar refractivity (Wildman–Crippen MR) is 69.5 cm³/mol. The Labute approximate surface area is 101 Å². The third-order valence-corrected chi connectivity index (χ3v) is 7.15. The first-order chi connectivity index (χ1) is 7.79. The smallest absolute Gasteiger partial charge is 0.386 e. The molecule has 4 heteroatoms. The van der Waals surface area contributed by atoms with Crippen molar-refractivity contribution in [1.29, 1.82) is 0 Å². The van der Waals surface area contributed by atoms with Crippen molar-refractivity contribution in [2.75, 3.05) is 26.8 Å². The fourth-order valence-electron chi connectivity index (χ4n) is 2.51. The molecule has 1 saturated heterocycles. The molecule has 1 heterocycles. The largest absolute Gasteiger partial charge is 0.427 e. The summed E-state index contributed by atoms with van der Waals surface area (Å²) in [5.41, 5.74) is 0. The molecule has 1 atom stereocenters. The van der Waals surface area contributed by atoms with Gasteiger partial charge in [0.25, 0.3) is 0 Å². The molecule has 1 fully saturated rings. The zero-order valence-corrected chi connectivity index (χ0v) is 12.1. The van der Waals surface area contributed by atoms with E-state index in [0.717, 1.165) is 12.7 Å². The number of rotatable bonds is 8. The lowest BCUT2D eigenvalue weighted by molar-refractivity contribution is 0.156. The van der Waals surface area contributed by atoms with Gasteiger partial charge in [0.05, 0.1) is 0 Å². The Kier molecular flexibility index (Phi) is 6.57. The Balaban J connectivity index is 2.37. The van der Waals surface area contributed by atoms with E-state index in [9.17, 15) is 0 Å². The highest BCUT2D eigenvalue weighted by atomic mass is 28.4. The Bertz CT molecular complexity index is 192. The highest BCUT2D eigenvalue weighted by Gasteiger charge is 2.47. The molecule has 0 aromatic rings. The number of nitrogens with zero attached hydrogens (tertiary/aromatic N) is 1. The first-order valence-corrected chi connectivity index (χ1v) is 8.70. The van der Waals surface area contributed by atoms with Crippen LogP contribution in [0.3, 0.4) is 0 Å². The molecular weight excluding hydrogens is 218 g/mol. The van der Waals surface area contributed by atoms with Gasteiger partial charge in [0.1, 0.15) is 0 Å².